The van der Waals surface area contributed by atoms with Crippen molar-refractivity contribution >= 4 is 10.0 Å². The second kappa shape index (κ2) is 7.24. The van der Waals surface area contributed by atoms with E-state index in [9.17, 15) is 8.42 Å². The van der Waals surface area contributed by atoms with Crippen LogP contribution in [0.5, 0.6) is 5.75 Å². The van der Waals surface area contributed by atoms with Crippen molar-refractivity contribution in [3.05, 3.63) is 23.8 Å². The quantitative estimate of drug-likeness (QED) is 0.780. The summed E-state index contributed by atoms with van der Waals surface area (Å²) in [7, 11) is -2.03. The zero-order valence-corrected chi connectivity index (χ0v) is 13.6. The fourth-order valence-electron chi connectivity index (χ4n) is 2.59. The predicted octanol–water partition coefficient (Wildman–Crippen LogP) is 1.77. The van der Waals surface area contributed by atoms with Gasteiger partial charge in [-0.1, -0.05) is 6.07 Å². The van der Waals surface area contributed by atoms with Crippen LogP contribution in [0.15, 0.2) is 23.1 Å². The highest BCUT2D eigenvalue weighted by Gasteiger charge is 2.19. The Bertz CT molecular complexity index is 566. The average molecular weight is 312 g/mol. The van der Waals surface area contributed by atoms with Crippen molar-refractivity contribution in [2.45, 2.75) is 31.1 Å². The van der Waals surface area contributed by atoms with Gasteiger partial charge in [0.05, 0.1) is 7.11 Å². The Morgan fingerprint density at radius 3 is 2.67 bits per heavy atom. The SMILES string of the molecule is COc1ccc(C)cc1S(=O)(=O)NCCCN1CCCC1. The molecule has 1 heterocycles. The summed E-state index contributed by atoms with van der Waals surface area (Å²) in [5.74, 6) is 0.382. The van der Waals surface area contributed by atoms with Gasteiger partial charge in [-0.3, -0.25) is 0 Å². The molecule has 1 fully saturated rings. The van der Waals surface area contributed by atoms with E-state index in [1.54, 1.807) is 12.1 Å². The lowest BCUT2D eigenvalue weighted by molar-refractivity contribution is 0.334. The number of hydrogen-bond acceptors (Lipinski definition) is 4. The Balaban J connectivity index is 1.93. The molecule has 0 saturated carbocycles. The first-order chi connectivity index (χ1) is 10.0. The molecule has 5 nitrogen and oxygen atoms in total. The number of likely N-dealkylation sites (tertiary alicyclic amines) is 1. The lowest BCUT2D eigenvalue weighted by atomic mass is 10.2. The second-order valence-electron chi connectivity index (χ2n) is 5.45. The molecule has 0 unspecified atom stereocenters. The maximum atomic E-state index is 12.4. The molecule has 0 aliphatic carbocycles. The van der Waals surface area contributed by atoms with Crippen LogP contribution in [0.1, 0.15) is 24.8 Å². The van der Waals surface area contributed by atoms with Gasteiger partial charge in [0.1, 0.15) is 10.6 Å². The molecular formula is C15H24N2O3S. The summed E-state index contributed by atoms with van der Waals surface area (Å²) in [6, 6.07) is 5.17. The molecule has 1 aliphatic rings. The summed E-state index contributed by atoms with van der Waals surface area (Å²) in [5.41, 5.74) is 0.897. The third-order valence-corrected chi connectivity index (χ3v) is 5.23. The topological polar surface area (TPSA) is 58.6 Å². The van der Waals surface area contributed by atoms with Crippen LogP contribution in [-0.4, -0.2) is 46.6 Å². The average Bonchev–Trinajstić information content (AvgIpc) is 2.97. The van der Waals surface area contributed by atoms with Crippen LogP contribution in [0.4, 0.5) is 0 Å². The van der Waals surface area contributed by atoms with E-state index in [0.717, 1.165) is 31.6 Å². The molecule has 0 spiro atoms. The van der Waals surface area contributed by atoms with E-state index in [0.29, 0.717) is 12.3 Å². The van der Waals surface area contributed by atoms with Gasteiger partial charge in [0, 0.05) is 6.54 Å². The highest BCUT2D eigenvalue weighted by molar-refractivity contribution is 7.89. The molecule has 21 heavy (non-hydrogen) atoms. The molecule has 2 rings (SSSR count). The van der Waals surface area contributed by atoms with Crippen molar-refractivity contribution in [3.63, 3.8) is 0 Å². The van der Waals surface area contributed by atoms with E-state index in [2.05, 4.69) is 9.62 Å². The zero-order chi connectivity index (χ0) is 15.3. The molecule has 118 valence electrons. The van der Waals surface area contributed by atoms with Crippen LogP contribution in [0.25, 0.3) is 0 Å². The van der Waals surface area contributed by atoms with E-state index < -0.39 is 10.0 Å². The summed E-state index contributed by atoms with van der Waals surface area (Å²) < 4.78 is 32.5. The van der Waals surface area contributed by atoms with E-state index in [4.69, 9.17) is 4.74 Å². The van der Waals surface area contributed by atoms with Gasteiger partial charge >= 0.3 is 0 Å². The van der Waals surface area contributed by atoms with E-state index in [1.165, 1.54) is 20.0 Å². The highest BCUT2D eigenvalue weighted by Crippen LogP contribution is 2.24. The van der Waals surface area contributed by atoms with Crippen LogP contribution in [-0.2, 0) is 10.0 Å². The lowest BCUT2D eigenvalue weighted by Crippen LogP contribution is -2.29. The Labute approximate surface area is 127 Å². The fraction of sp³-hybridized carbons (Fsp3) is 0.600. The first kappa shape index (κ1) is 16.3. The summed E-state index contributed by atoms with van der Waals surface area (Å²) in [6.07, 6.45) is 3.34. The van der Waals surface area contributed by atoms with Gasteiger partial charge in [-0.25, -0.2) is 13.1 Å². The first-order valence-electron chi connectivity index (χ1n) is 7.39. The smallest absolute Gasteiger partial charge is 0.244 e. The van der Waals surface area contributed by atoms with Gasteiger partial charge in [0.15, 0.2) is 0 Å². The van der Waals surface area contributed by atoms with Crippen LogP contribution in [0, 0.1) is 6.92 Å². The molecule has 0 aromatic heterocycles. The van der Waals surface area contributed by atoms with E-state index in [-0.39, 0.29) is 4.90 Å². The molecule has 1 saturated heterocycles. The Kier molecular flexibility index (Phi) is 5.61. The fourth-order valence-corrected chi connectivity index (χ4v) is 3.91. The molecule has 1 aromatic rings. The molecule has 0 amide bonds. The molecular weight excluding hydrogens is 288 g/mol. The summed E-state index contributed by atoms with van der Waals surface area (Å²) in [4.78, 5) is 2.59. The molecule has 1 aromatic carbocycles. The minimum atomic E-state index is -3.51. The maximum absolute atomic E-state index is 12.4. The van der Waals surface area contributed by atoms with Gasteiger partial charge in [-0.2, -0.15) is 0 Å². The summed E-state index contributed by atoms with van der Waals surface area (Å²) in [6.45, 7) is 5.55. The van der Waals surface area contributed by atoms with Crippen LogP contribution >= 0.6 is 0 Å². The third-order valence-electron chi connectivity index (χ3n) is 3.75. The number of nitrogens with zero attached hydrogens (tertiary/aromatic N) is 1. The van der Waals surface area contributed by atoms with Crippen LogP contribution < -0.4 is 9.46 Å². The minimum Gasteiger partial charge on any atom is -0.495 e. The summed E-state index contributed by atoms with van der Waals surface area (Å²) >= 11 is 0. The number of methoxy groups -OCH3 is 1. The number of rotatable bonds is 7. The number of hydrogen-bond donors (Lipinski definition) is 1. The predicted molar refractivity (Wildman–Crippen MR) is 83.2 cm³/mol. The van der Waals surface area contributed by atoms with Crippen molar-refractivity contribution in [1.82, 2.24) is 9.62 Å². The first-order valence-corrected chi connectivity index (χ1v) is 8.88. The van der Waals surface area contributed by atoms with Gasteiger partial charge in [-0.05, 0) is 63.5 Å². The standard InChI is InChI=1S/C15H24N2O3S/c1-13-6-7-14(20-2)15(12-13)21(18,19)16-8-5-11-17-9-3-4-10-17/h6-7,12,16H,3-5,8-11H2,1-2H3. The second-order valence-corrected chi connectivity index (χ2v) is 7.19. The molecule has 1 N–H and O–H groups in total. The number of benzene rings is 1. The van der Waals surface area contributed by atoms with Crippen molar-refractivity contribution in [1.29, 1.82) is 0 Å². The lowest BCUT2D eigenvalue weighted by Gasteiger charge is -2.15. The maximum Gasteiger partial charge on any atom is 0.244 e. The largest absolute Gasteiger partial charge is 0.495 e. The van der Waals surface area contributed by atoms with Gasteiger partial charge in [-0.15, -0.1) is 0 Å². The van der Waals surface area contributed by atoms with E-state index >= 15 is 0 Å². The third kappa shape index (κ3) is 4.43. The van der Waals surface area contributed by atoms with Gasteiger partial charge in [0.25, 0.3) is 0 Å². The molecule has 6 heteroatoms. The Morgan fingerprint density at radius 2 is 2.00 bits per heavy atom. The number of nitrogens with one attached hydrogen (secondary N) is 1. The Hall–Kier alpha value is -1.11. The van der Waals surface area contributed by atoms with Crippen molar-refractivity contribution in [3.8, 4) is 5.75 Å². The monoisotopic (exact) mass is 312 g/mol. The summed E-state index contributed by atoms with van der Waals surface area (Å²) in [5, 5.41) is 0. The van der Waals surface area contributed by atoms with Crippen molar-refractivity contribution in [2.75, 3.05) is 33.3 Å². The van der Waals surface area contributed by atoms with Gasteiger partial charge in [0.2, 0.25) is 10.0 Å². The minimum absolute atomic E-state index is 0.214. The number of ether oxygens (including phenoxy) is 1. The highest BCUT2D eigenvalue weighted by atomic mass is 32.2. The van der Waals surface area contributed by atoms with Gasteiger partial charge < -0.3 is 9.64 Å². The number of sulfonamides is 1. The molecule has 0 radical (unpaired) electrons. The molecule has 0 bridgehead atoms. The molecule has 0 atom stereocenters. The van der Waals surface area contributed by atoms with E-state index in [1.807, 2.05) is 13.0 Å². The van der Waals surface area contributed by atoms with Crippen LogP contribution in [0.2, 0.25) is 0 Å². The molecule has 1 aliphatic heterocycles. The zero-order valence-electron chi connectivity index (χ0n) is 12.8. The van der Waals surface area contributed by atoms with Crippen LogP contribution in [0.3, 0.4) is 0 Å². The van der Waals surface area contributed by atoms with Crippen molar-refractivity contribution in [2.24, 2.45) is 0 Å². The van der Waals surface area contributed by atoms with Crippen molar-refractivity contribution < 1.29 is 13.2 Å². The number of aryl methyl sites for hydroxylation is 1. The normalized spacial score (nSPS) is 16.3. The Morgan fingerprint density at radius 1 is 1.29 bits per heavy atom.